The molecule has 0 aliphatic carbocycles. The minimum absolute atomic E-state index is 0.0336. The Kier molecular flexibility index (Phi) is 6.15. The molecule has 0 bridgehead atoms. The highest BCUT2D eigenvalue weighted by Crippen LogP contribution is 2.20. The smallest absolute Gasteiger partial charge is 0.326 e. The maximum absolute atomic E-state index is 12.3. The molecule has 8 nitrogen and oxygen atoms in total. The van der Waals surface area contributed by atoms with Gasteiger partial charge in [0.1, 0.15) is 18.7 Å². The number of rotatable bonds is 7. The highest BCUT2D eigenvalue weighted by atomic mass is 16.5. The molecule has 2 aromatic carbocycles. The van der Waals surface area contributed by atoms with Gasteiger partial charge in [-0.15, -0.1) is 0 Å². The average molecular weight is 409 g/mol. The van der Waals surface area contributed by atoms with Gasteiger partial charge in [0.15, 0.2) is 0 Å². The topological polar surface area (TPSA) is 105 Å². The standard InChI is InChI=1S/C22H23N3O5/c1-3-22(2)20(28)25(21(29)24-22)13-18(26)30-14-15-9-11-16(12-10-15)19(27)23-17-7-5-4-6-8-17/h4-12H,3,13-14H2,1-2H3,(H,23,27)(H,24,29)/t22-/m0/s1. The van der Waals surface area contributed by atoms with Crippen molar-refractivity contribution in [2.45, 2.75) is 32.4 Å². The first kappa shape index (κ1) is 21.0. The molecule has 1 atom stereocenters. The predicted octanol–water partition coefficient (Wildman–Crippen LogP) is 2.70. The van der Waals surface area contributed by atoms with Crippen LogP contribution in [0.25, 0.3) is 0 Å². The molecule has 0 aromatic heterocycles. The van der Waals surface area contributed by atoms with Crippen LogP contribution in [0.3, 0.4) is 0 Å². The molecular formula is C22H23N3O5. The fraction of sp³-hybridized carbons (Fsp3) is 0.273. The van der Waals surface area contributed by atoms with Gasteiger partial charge in [-0.25, -0.2) is 4.79 Å². The number of hydrogen-bond donors (Lipinski definition) is 2. The SMILES string of the molecule is CC[C@]1(C)NC(=O)N(CC(=O)OCc2ccc(C(=O)Nc3ccccc3)cc2)C1=O. The quantitative estimate of drug-likeness (QED) is 0.540. The number of hydrogen-bond acceptors (Lipinski definition) is 5. The van der Waals surface area contributed by atoms with E-state index in [1.54, 1.807) is 50.2 Å². The molecule has 1 saturated heterocycles. The van der Waals surface area contributed by atoms with Crippen LogP contribution in [0.4, 0.5) is 10.5 Å². The third-order valence-corrected chi connectivity index (χ3v) is 4.99. The van der Waals surface area contributed by atoms with Crippen molar-refractivity contribution in [2.24, 2.45) is 0 Å². The van der Waals surface area contributed by atoms with Crippen molar-refractivity contribution in [1.82, 2.24) is 10.2 Å². The normalized spacial score (nSPS) is 18.1. The zero-order chi connectivity index (χ0) is 21.7. The molecule has 1 aliphatic heterocycles. The zero-order valence-corrected chi connectivity index (χ0v) is 16.8. The molecule has 2 N–H and O–H groups in total. The first-order chi connectivity index (χ1) is 14.3. The van der Waals surface area contributed by atoms with Crippen molar-refractivity contribution in [3.63, 3.8) is 0 Å². The van der Waals surface area contributed by atoms with Crippen molar-refractivity contribution >= 4 is 29.5 Å². The number of anilines is 1. The predicted molar refractivity (Wildman–Crippen MR) is 110 cm³/mol. The molecule has 156 valence electrons. The van der Waals surface area contributed by atoms with Crippen molar-refractivity contribution < 1.29 is 23.9 Å². The molecule has 2 aromatic rings. The Labute approximate surface area is 174 Å². The Hall–Kier alpha value is -3.68. The van der Waals surface area contributed by atoms with E-state index in [4.69, 9.17) is 4.74 Å². The van der Waals surface area contributed by atoms with Gasteiger partial charge < -0.3 is 15.4 Å². The first-order valence-corrected chi connectivity index (χ1v) is 9.57. The molecular weight excluding hydrogens is 386 g/mol. The summed E-state index contributed by atoms with van der Waals surface area (Å²) in [6.45, 7) is 2.92. The number of benzene rings is 2. The van der Waals surface area contributed by atoms with Crippen LogP contribution < -0.4 is 10.6 Å². The van der Waals surface area contributed by atoms with Gasteiger partial charge in [-0.3, -0.25) is 19.3 Å². The number of carbonyl (C=O) groups is 4. The van der Waals surface area contributed by atoms with Gasteiger partial charge >= 0.3 is 12.0 Å². The molecule has 0 saturated carbocycles. The van der Waals surface area contributed by atoms with E-state index < -0.39 is 30.0 Å². The highest BCUT2D eigenvalue weighted by Gasteiger charge is 2.47. The van der Waals surface area contributed by atoms with E-state index in [-0.39, 0.29) is 12.5 Å². The number of imide groups is 1. The average Bonchev–Trinajstić information content (AvgIpc) is 2.97. The Morgan fingerprint density at radius 1 is 1.07 bits per heavy atom. The van der Waals surface area contributed by atoms with E-state index in [1.807, 2.05) is 18.2 Å². The van der Waals surface area contributed by atoms with Crippen LogP contribution in [-0.4, -0.2) is 40.8 Å². The molecule has 30 heavy (non-hydrogen) atoms. The number of nitrogens with one attached hydrogen (secondary N) is 2. The first-order valence-electron chi connectivity index (χ1n) is 9.57. The zero-order valence-electron chi connectivity index (χ0n) is 16.8. The Balaban J connectivity index is 1.51. The summed E-state index contributed by atoms with van der Waals surface area (Å²) >= 11 is 0. The van der Waals surface area contributed by atoms with Gasteiger partial charge in [-0.1, -0.05) is 37.3 Å². The number of esters is 1. The summed E-state index contributed by atoms with van der Waals surface area (Å²) in [7, 11) is 0. The van der Waals surface area contributed by atoms with Gasteiger partial charge in [0.2, 0.25) is 0 Å². The monoisotopic (exact) mass is 409 g/mol. The molecule has 0 unspecified atom stereocenters. The number of nitrogens with zero attached hydrogens (tertiary/aromatic N) is 1. The lowest BCUT2D eigenvalue weighted by atomic mass is 9.99. The van der Waals surface area contributed by atoms with E-state index in [2.05, 4.69) is 10.6 Å². The largest absolute Gasteiger partial charge is 0.459 e. The molecule has 8 heteroatoms. The summed E-state index contributed by atoms with van der Waals surface area (Å²) in [4.78, 5) is 49.5. The van der Waals surface area contributed by atoms with Crippen LogP contribution in [0.2, 0.25) is 0 Å². The van der Waals surface area contributed by atoms with Crippen LogP contribution in [0.1, 0.15) is 36.2 Å². The molecule has 0 radical (unpaired) electrons. The van der Waals surface area contributed by atoms with Gasteiger partial charge in [-0.2, -0.15) is 0 Å². The highest BCUT2D eigenvalue weighted by molar-refractivity contribution is 6.08. The number of para-hydroxylation sites is 1. The van der Waals surface area contributed by atoms with Crippen molar-refractivity contribution in [2.75, 3.05) is 11.9 Å². The Morgan fingerprint density at radius 2 is 1.73 bits per heavy atom. The summed E-state index contributed by atoms with van der Waals surface area (Å²) < 4.78 is 5.17. The van der Waals surface area contributed by atoms with E-state index in [0.29, 0.717) is 23.2 Å². The Bertz CT molecular complexity index is 958. The van der Waals surface area contributed by atoms with E-state index in [1.165, 1.54) is 0 Å². The number of urea groups is 1. The molecule has 4 amide bonds. The van der Waals surface area contributed by atoms with Crippen molar-refractivity contribution in [3.05, 3.63) is 65.7 Å². The Morgan fingerprint density at radius 3 is 2.33 bits per heavy atom. The van der Waals surface area contributed by atoms with Crippen molar-refractivity contribution in [1.29, 1.82) is 0 Å². The molecule has 1 heterocycles. The number of ether oxygens (including phenoxy) is 1. The molecule has 3 rings (SSSR count). The van der Waals surface area contributed by atoms with Crippen LogP contribution >= 0.6 is 0 Å². The lowest BCUT2D eigenvalue weighted by molar-refractivity contribution is -0.148. The van der Waals surface area contributed by atoms with Crippen LogP contribution in [0, 0.1) is 0 Å². The molecule has 0 spiro atoms. The minimum Gasteiger partial charge on any atom is -0.459 e. The number of carbonyl (C=O) groups excluding carboxylic acids is 4. The second-order valence-corrected chi connectivity index (χ2v) is 7.18. The van der Waals surface area contributed by atoms with Crippen LogP contribution in [0.15, 0.2) is 54.6 Å². The van der Waals surface area contributed by atoms with Gasteiger partial charge in [0.05, 0.1) is 0 Å². The summed E-state index contributed by atoms with van der Waals surface area (Å²) in [5, 5.41) is 5.37. The third-order valence-electron chi connectivity index (χ3n) is 4.99. The van der Waals surface area contributed by atoms with E-state index >= 15 is 0 Å². The van der Waals surface area contributed by atoms with Gasteiger partial charge in [0, 0.05) is 11.3 Å². The fourth-order valence-corrected chi connectivity index (χ4v) is 2.95. The maximum atomic E-state index is 12.3. The fourth-order valence-electron chi connectivity index (χ4n) is 2.95. The van der Waals surface area contributed by atoms with Crippen LogP contribution in [-0.2, 0) is 20.9 Å². The number of amides is 4. The summed E-state index contributed by atoms with van der Waals surface area (Å²) in [5.41, 5.74) is 0.843. The summed E-state index contributed by atoms with van der Waals surface area (Å²) in [6.07, 6.45) is 0.424. The maximum Gasteiger partial charge on any atom is 0.326 e. The van der Waals surface area contributed by atoms with Gasteiger partial charge in [-0.05, 0) is 43.2 Å². The van der Waals surface area contributed by atoms with Crippen molar-refractivity contribution in [3.8, 4) is 0 Å². The van der Waals surface area contributed by atoms with Gasteiger partial charge in [0.25, 0.3) is 11.8 Å². The summed E-state index contributed by atoms with van der Waals surface area (Å²) in [6, 6.07) is 15.1. The molecule has 1 aliphatic rings. The lowest BCUT2D eigenvalue weighted by Crippen LogP contribution is -2.43. The minimum atomic E-state index is -0.993. The second kappa shape index (κ2) is 8.77. The van der Waals surface area contributed by atoms with Crippen LogP contribution in [0.5, 0.6) is 0 Å². The second-order valence-electron chi connectivity index (χ2n) is 7.18. The summed E-state index contributed by atoms with van der Waals surface area (Å²) in [5.74, 6) is -1.38. The van der Waals surface area contributed by atoms with E-state index in [0.717, 1.165) is 4.90 Å². The van der Waals surface area contributed by atoms with E-state index in [9.17, 15) is 19.2 Å². The molecule has 1 fully saturated rings. The third kappa shape index (κ3) is 4.65. The lowest BCUT2D eigenvalue weighted by Gasteiger charge is -2.18.